The summed E-state index contributed by atoms with van der Waals surface area (Å²) in [6, 6.07) is 21.0. The van der Waals surface area contributed by atoms with Gasteiger partial charge >= 0.3 is 0 Å². The van der Waals surface area contributed by atoms with Gasteiger partial charge < -0.3 is 20.9 Å². The van der Waals surface area contributed by atoms with Crippen LogP contribution < -0.4 is 15.8 Å². The molecule has 0 aliphatic carbocycles. The molecule has 2 aromatic carbocycles. The molecule has 0 amide bonds. The Morgan fingerprint density at radius 1 is 1.03 bits per heavy atom. The molecule has 0 atom stereocenters. The molecule has 152 valence electrons. The number of thiazole rings is 1. The molecule has 0 spiro atoms. The zero-order valence-electron chi connectivity index (χ0n) is 16.7. The van der Waals surface area contributed by atoms with Crippen LogP contribution in [0.5, 0.6) is 10.8 Å². The fraction of sp³-hybridized carbons (Fsp3) is 0.130. The minimum Gasteiger partial charge on any atom is -0.444 e. The second kappa shape index (κ2) is 8.14. The zero-order valence-corrected chi connectivity index (χ0v) is 17.5. The SMILES string of the molecule is CC(C)(O)c1cccc(Nc2cc(Oc3sc(N)nc3-c3ccccc3)ccn2)c1. The van der Waals surface area contributed by atoms with E-state index in [9.17, 15) is 5.11 Å². The van der Waals surface area contributed by atoms with Gasteiger partial charge in [0, 0.05) is 23.5 Å². The van der Waals surface area contributed by atoms with Crippen molar-refractivity contribution < 1.29 is 9.84 Å². The summed E-state index contributed by atoms with van der Waals surface area (Å²) in [6.07, 6.45) is 1.67. The Labute approximate surface area is 179 Å². The highest BCUT2D eigenvalue weighted by atomic mass is 32.1. The van der Waals surface area contributed by atoms with Gasteiger partial charge in [0.05, 0.1) is 5.60 Å². The van der Waals surface area contributed by atoms with Crippen molar-refractivity contribution in [2.24, 2.45) is 0 Å². The monoisotopic (exact) mass is 418 g/mol. The quantitative estimate of drug-likeness (QED) is 0.380. The molecule has 0 unspecified atom stereocenters. The number of anilines is 3. The molecule has 0 fully saturated rings. The first-order valence-electron chi connectivity index (χ1n) is 9.44. The first kappa shape index (κ1) is 19.9. The zero-order chi connectivity index (χ0) is 21.1. The summed E-state index contributed by atoms with van der Waals surface area (Å²) in [4.78, 5) is 8.78. The fourth-order valence-electron chi connectivity index (χ4n) is 2.94. The van der Waals surface area contributed by atoms with E-state index in [0.717, 1.165) is 16.8 Å². The van der Waals surface area contributed by atoms with Crippen molar-refractivity contribution >= 4 is 28.0 Å². The van der Waals surface area contributed by atoms with E-state index in [1.165, 1.54) is 11.3 Å². The number of aromatic nitrogens is 2. The molecule has 2 heterocycles. The van der Waals surface area contributed by atoms with Crippen LogP contribution in [0.3, 0.4) is 0 Å². The van der Waals surface area contributed by atoms with E-state index in [1.807, 2.05) is 54.6 Å². The van der Waals surface area contributed by atoms with Crippen LogP contribution in [0.4, 0.5) is 16.6 Å². The molecule has 0 bridgehead atoms. The van der Waals surface area contributed by atoms with Crippen LogP contribution in [0.1, 0.15) is 19.4 Å². The summed E-state index contributed by atoms with van der Waals surface area (Å²) in [6.45, 7) is 3.51. The van der Waals surface area contributed by atoms with Crippen molar-refractivity contribution in [3.8, 4) is 22.1 Å². The summed E-state index contributed by atoms with van der Waals surface area (Å²) in [5.41, 5.74) is 8.30. The van der Waals surface area contributed by atoms with E-state index >= 15 is 0 Å². The van der Waals surface area contributed by atoms with Crippen LogP contribution in [0.2, 0.25) is 0 Å². The molecule has 0 aliphatic rings. The third-order valence-electron chi connectivity index (χ3n) is 4.44. The van der Waals surface area contributed by atoms with Gasteiger partial charge in [0.15, 0.2) is 5.13 Å². The van der Waals surface area contributed by atoms with E-state index in [0.29, 0.717) is 27.5 Å². The summed E-state index contributed by atoms with van der Waals surface area (Å²) in [5, 5.41) is 14.6. The molecule has 2 aromatic heterocycles. The first-order chi connectivity index (χ1) is 14.4. The molecule has 0 radical (unpaired) electrons. The second-order valence-corrected chi connectivity index (χ2v) is 8.29. The lowest BCUT2D eigenvalue weighted by Crippen LogP contribution is -2.15. The lowest BCUT2D eigenvalue weighted by molar-refractivity contribution is 0.0786. The van der Waals surface area contributed by atoms with Crippen molar-refractivity contribution in [2.75, 3.05) is 11.1 Å². The highest BCUT2D eigenvalue weighted by molar-refractivity contribution is 7.17. The number of benzene rings is 2. The molecule has 0 aliphatic heterocycles. The van der Waals surface area contributed by atoms with Gasteiger partial charge in [0.25, 0.3) is 0 Å². The second-order valence-electron chi connectivity index (χ2n) is 7.30. The van der Waals surface area contributed by atoms with Crippen molar-refractivity contribution in [3.63, 3.8) is 0 Å². The number of pyridine rings is 1. The number of nitrogens with zero attached hydrogens (tertiary/aromatic N) is 2. The van der Waals surface area contributed by atoms with E-state index in [-0.39, 0.29) is 0 Å². The number of nitrogens with one attached hydrogen (secondary N) is 1. The van der Waals surface area contributed by atoms with E-state index in [1.54, 1.807) is 32.2 Å². The topological polar surface area (TPSA) is 93.3 Å². The van der Waals surface area contributed by atoms with Crippen molar-refractivity contribution in [2.45, 2.75) is 19.4 Å². The normalized spacial score (nSPS) is 11.3. The van der Waals surface area contributed by atoms with Gasteiger partial charge in [0.1, 0.15) is 17.3 Å². The molecule has 4 rings (SSSR count). The van der Waals surface area contributed by atoms with Gasteiger partial charge in [-0.2, -0.15) is 0 Å². The Bertz CT molecular complexity index is 1150. The minimum absolute atomic E-state index is 0.444. The van der Waals surface area contributed by atoms with Crippen LogP contribution in [0.15, 0.2) is 72.9 Å². The number of nitrogen functional groups attached to an aromatic ring is 1. The van der Waals surface area contributed by atoms with Gasteiger partial charge in [0.2, 0.25) is 5.06 Å². The standard InChI is InChI=1S/C23H22N4O2S/c1-23(2,28)16-9-6-10-17(13-16)26-19-14-18(11-12-25-19)29-21-20(27-22(24)30-21)15-7-4-3-5-8-15/h3-14,28H,1-2H3,(H2,24,27)(H,25,26). The smallest absolute Gasteiger partial charge is 0.210 e. The van der Waals surface area contributed by atoms with Gasteiger partial charge in [-0.1, -0.05) is 53.8 Å². The summed E-state index contributed by atoms with van der Waals surface area (Å²) >= 11 is 1.29. The van der Waals surface area contributed by atoms with Gasteiger partial charge in [-0.3, -0.25) is 0 Å². The average molecular weight is 419 g/mol. The van der Waals surface area contributed by atoms with Crippen LogP contribution >= 0.6 is 11.3 Å². The molecule has 4 aromatic rings. The number of nitrogens with two attached hydrogens (primary N) is 1. The van der Waals surface area contributed by atoms with E-state index in [2.05, 4.69) is 15.3 Å². The first-order valence-corrected chi connectivity index (χ1v) is 10.3. The Morgan fingerprint density at radius 3 is 2.60 bits per heavy atom. The number of rotatable bonds is 6. The highest BCUT2D eigenvalue weighted by Gasteiger charge is 2.16. The Morgan fingerprint density at radius 2 is 1.83 bits per heavy atom. The lowest BCUT2D eigenvalue weighted by Gasteiger charge is -2.18. The number of ether oxygens (including phenoxy) is 1. The van der Waals surface area contributed by atoms with Crippen molar-refractivity contribution in [3.05, 3.63) is 78.5 Å². The summed E-state index contributed by atoms with van der Waals surface area (Å²) < 4.78 is 6.10. The van der Waals surface area contributed by atoms with Crippen molar-refractivity contribution in [1.82, 2.24) is 9.97 Å². The fourth-order valence-corrected chi connectivity index (χ4v) is 3.67. The average Bonchev–Trinajstić information content (AvgIpc) is 3.08. The van der Waals surface area contributed by atoms with Crippen molar-refractivity contribution in [1.29, 1.82) is 0 Å². The predicted octanol–water partition coefficient (Wildman–Crippen LogP) is 5.55. The maximum Gasteiger partial charge on any atom is 0.210 e. The minimum atomic E-state index is -0.921. The van der Waals surface area contributed by atoms with Gasteiger partial charge in [-0.15, -0.1) is 0 Å². The van der Waals surface area contributed by atoms with Crippen LogP contribution in [-0.4, -0.2) is 15.1 Å². The lowest BCUT2D eigenvalue weighted by atomic mass is 9.98. The molecule has 7 heteroatoms. The Hall–Kier alpha value is -3.42. The number of hydrogen-bond donors (Lipinski definition) is 3. The molecule has 0 saturated carbocycles. The third-order valence-corrected chi connectivity index (χ3v) is 5.21. The van der Waals surface area contributed by atoms with Gasteiger partial charge in [-0.05, 0) is 37.6 Å². The molecular formula is C23H22N4O2S. The molecule has 6 nitrogen and oxygen atoms in total. The van der Waals surface area contributed by atoms with Crippen LogP contribution in [0, 0.1) is 0 Å². The molecule has 4 N–H and O–H groups in total. The molecule has 0 saturated heterocycles. The predicted molar refractivity (Wildman–Crippen MR) is 121 cm³/mol. The number of hydrogen-bond acceptors (Lipinski definition) is 7. The number of aliphatic hydroxyl groups is 1. The van der Waals surface area contributed by atoms with Crippen LogP contribution in [0.25, 0.3) is 11.3 Å². The maximum atomic E-state index is 10.2. The molecule has 30 heavy (non-hydrogen) atoms. The Kier molecular flexibility index (Phi) is 5.39. The maximum absolute atomic E-state index is 10.2. The van der Waals surface area contributed by atoms with E-state index < -0.39 is 5.60 Å². The van der Waals surface area contributed by atoms with Crippen LogP contribution in [-0.2, 0) is 5.60 Å². The summed E-state index contributed by atoms with van der Waals surface area (Å²) in [7, 11) is 0. The van der Waals surface area contributed by atoms with E-state index in [4.69, 9.17) is 10.5 Å². The molecular weight excluding hydrogens is 396 g/mol. The summed E-state index contributed by atoms with van der Waals surface area (Å²) in [5.74, 6) is 1.24. The van der Waals surface area contributed by atoms with Gasteiger partial charge in [-0.25, -0.2) is 9.97 Å². The third kappa shape index (κ3) is 4.59. The largest absolute Gasteiger partial charge is 0.444 e. The highest BCUT2D eigenvalue weighted by Crippen LogP contribution is 2.39. The Balaban J connectivity index is 1.57.